The lowest BCUT2D eigenvalue weighted by atomic mass is 9.62. The highest BCUT2D eigenvalue weighted by Gasteiger charge is 2.48. The van der Waals surface area contributed by atoms with E-state index in [4.69, 9.17) is 10.5 Å². The molecular weight excluding hydrogens is 174 g/mol. The molecule has 0 aromatic rings. The fourth-order valence-electron chi connectivity index (χ4n) is 1.86. The summed E-state index contributed by atoms with van der Waals surface area (Å²) < 4.78 is 5.39. The molecule has 0 atom stereocenters. The molecular formula is C12H25NO. The van der Waals surface area contributed by atoms with Gasteiger partial charge < -0.3 is 10.5 Å². The van der Waals surface area contributed by atoms with E-state index in [1.54, 1.807) is 0 Å². The number of nitrogens with two attached hydrogens (primary N) is 1. The summed E-state index contributed by atoms with van der Waals surface area (Å²) in [7, 11) is 0. The van der Waals surface area contributed by atoms with Gasteiger partial charge in [0, 0.05) is 11.0 Å². The van der Waals surface area contributed by atoms with Gasteiger partial charge in [0.15, 0.2) is 0 Å². The van der Waals surface area contributed by atoms with E-state index in [0.29, 0.717) is 10.8 Å². The zero-order valence-electron chi connectivity index (χ0n) is 10.3. The third kappa shape index (κ3) is 2.48. The molecule has 1 rings (SSSR count). The first-order valence-electron chi connectivity index (χ1n) is 5.53. The first-order valence-corrected chi connectivity index (χ1v) is 5.53. The maximum Gasteiger partial charge on any atom is 0.0549 e. The van der Waals surface area contributed by atoms with E-state index in [1.165, 1.54) is 6.42 Å². The normalized spacial score (nSPS) is 21.9. The van der Waals surface area contributed by atoms with E-state index >= 15 is 0 Å². The Morgan fingerprint density at radius 1 is 1.14 bits per heavy atom. The van der Waals surface area contributed by atoms with Crippen LogP contribution < -0.4 is 5.73 Å². The SMILES string of the molecule is CC(C)(N)CCC1(C(C)(C)C)COC1. The van der Waals surface area contributed by atoms with Gasteiger partial charge in [-0.3, -0.25) is 0 Å². The molecule has 2 heteroatoms. The summed E-state index contributed by atoms with van der Waals surface area (Å²) in [6, 6.07) is 0. The van der Waals surface area contributed by atoms with E-state index in [2.05, 4.69) is 34.6 Å². The van der Waals surface area contributed by atoms with Crippen molar-refractivity contribution >= 4 is 0 Å². The monoisotopic (exact) mass is 199 g/mol. The molecule has 0 amide bonds. The van der Waals surface area contributed by atoms with Crippen LogP contribution in [0.5, 0.6) is 0 Å². The van der Waals surface area contributed by atoms with Gasteiger partial charge >= 0.3 is 0 Å². The minimum atomic E-state index is -0.0478. The lowest BCUT2D eigenvalue weighted by molar-refractivity contribution is -0.176. The molecule has 0 radical (unpaired) electrons. The highest BCUT2D eigenvalue weighted by molar-refractivity contribution is 4.96. The molecule has 0 aliphatic carbocycles. The maximum absolute atomic E-state index is 6.02. The second-order valence-corrected chi connectivity index (χ2v) is 6.51. The van der Waals surface area contributed by atoms with Crippen molar-refractivity contribution in [2.75, 3.05) is 13.2 Å². The van der Waals surface area contributed by atoms with Gasteiger partial charge in [-0.25, -0.2) is 0 Å². The van der Waals surface area contributed by atoms with Gasteiger partial charge in [0.05, 0.1) is 13.2 Å². The Bertz CT molecular complexity index is 193. The third-order valence-corrected chi connectivity index (χ3v) is 3.60. The smallest absolute Gasteiger partial charge is 0.0549 e. The predicted octanol–water partition coefficient (Wildman–Crippen LogP) is 2.57. The lowest BCUT2D eigenvalue weighted by Crippen LogP contribution is -2.53. The highest BCUT2D eigenvalue weighted by Crippen LogP contribution is 2.48. The Hall–Kier alpha value is -0.0800. The third-order valence-electron chi connectivity index (χ3n) is 3.60. The molecule has 1 fully saturated rings. The van der Waals surface area contributed by atoms with Crippen molar-refractivity contribution in [1.29, 1.82) is 0 Å². The molecule has 0 saturated carbocycles. The molecule has 0 spiro atoms. The summed E-state index contributed by atoms with van der Waals surface area (Å²) in [5, 5.41) is 0. The van der Waals surface area contributed by atoms with Crippen molar-refractivity contribution < 1.29 is 4.74 Å². The van der Waals surface area contributed by atoms with Gasteiger partial charge in [-0.1, -0.05) is 20.8 Å². The molecule has 1 saturated heterocycles. The van der Waals surface area contributed by atoms with Crippen LogP contribution in [0, 0.1) is 10.8 Å². The van der Waals surface area contributed by atoms with Gasteiger partial charge in [0.25, 0.3) is 0 Å². The van der Waals surface area contributed by atoms with Crippen LogP contribution in [0.4, 0.5) is 0 Å². The quantitative estimate of drug-likeness (QED) is 0.758. The van der Waals surface area contributed by atoms with Crippen molar-refractivity contribution in [1.82, 2.24) is 0 Å². The first-order chi connectivity index (χ1) is 6.16. The van der Waals surface area contributed by atoms with Crippen LogP contribution in [-0.2, 0) is 4.74 Å². The second-order valence-electron chi connectivity index (χ2n) is 6.51. The maximum atomic E-state index is 6.02. The summed E-state index contributed by atoms with van der Waals surface area (Å²) in [6.07, 6.45) is 2.26. The minimum absolute atomic E-state index is 0.0478. The number of rotatable bonds is 3. The van der Waals surface area contributed by atoms with Gasteiger partial charge in [-0.2, -0.15) is 0 Å². The molecule has 0 unspecified atom stereocenters. The molecule has 0 aromatic carbocycles. The average molecular weight is 199 g/mol. The standard InChI is InChI=1S/C12H25NO/c1-10(2,3)12(8-14-9-12)7-6-11(4,5)13/h6-9,13H2,1-5H3. The molecule has 1 aliphatic heterocycles. The molecule has 84 valence electrons. The van der Waals surface area contributed by atoms with Gasteiger partial charge in [-0.15, -0.1) is 0 Å². The minimum Gasteiger partial charge on any atom is -0.380 e. The van der Waals surface area contributed by atoms with Crippen LogP contribution in [-0.4, -0.2) is 18.8 Å². The number of ether oxygens (including phenoxy) is 1. The van der Waals surface area contributed by atoms with E-state index in [0.717, 1.165) is 19.6 Å². The predicted molar refractivity (Wildman–Crippen MR) is 60.2 cm³/mol. The molecule has 0 bridgehead atoms. The van der Waals surface area contributed by atoms with E-state index in [1.807, 2.05) is 0 Å². The molecule has 14 heavy (non-hydrogen) atoms. The fraction of sp³-hybridized carbons (Fsp3) is 1.00. The lowest BCUT2D eigenvalue weighted by Gasteiger charge is -2.52. The van der Waals surface area contributed by atoms with Crippen molar-refractivity contribution in [2.24, 2.45) is 16.6 Å². The van der Waals surface area contributed by atoms with Crippen LogP contribution >= 0.6 is 0 Å². The molecule has 2 nitrogen and oxygen atoms in total. The van der Waals surface area contributed by atoms with Crippen LogP contribution in [0.15, 0.2) is 0 Å². The first kappa shape index (κ1) is 12.0. The molecule has 2 N–H and O–H groups in total. The second kappa shape index (κ2) is 3.49. The topological polar surface area (TPSA) is 35.2 Å². The van der Waals surface area contributed by atoms with Gasteiger partial charge in [-0.05, 0) is 32.1 Å². The summed E-state index contributed by atoms with van der Waals surface area (Å²) in [5.41, 5.74) is 6.67. The summed E-state index contributed by atoms with van der Waals surface area (Å²) >= 11 is 0. The Morgan fingerprint density at radius 2 is 1.64 bits per heavy atom. The summed E-state index contributed by atoms with van der Waals surface area (Å²) in [5.74, 6) is 0. The van der Waals surface area contributed by atoms with Crippen LogP contribution in [0.3, 0.4) is 0 Å². The summed E-state index contributed by atoms with van der Waals surface area (Å²) in [6.45, 7) is 12.9. The van der Waals surface area contributed by atoms with E-state index < -0.39 is 0 Å². The van der Waals surface area contributed by atoms with Crippen molar-refractivity contribution in [3.05, 3.63) is 0 Å². The molecule has 1 heterocycles. The van der Waals surface area contributed by atoms with Crippen molar-refractivity contribution in [2.45, 2.75) is 53.0 Å². The van der Waals surface area contributed by atoms with Crippen LogP contribution in [0.2, 0.25) is 0 Å². The Labute approximate surface area is 88.2 Å². The van der Waals surface area contributed by atoms with Gasteiger partial charge in [0.2, 0.25) is 0 Å². The highest BCUT2D eigenvalue weighted by atomic mass is 16.5. The van der Waals surface area contributed by atoms with Crippen molar-refractivity contribution in [3.8, 4) is 0 Å². The van der Waals surface area contributed by atoms with E-state index in [-0.39, 0.29) is 5.54 Å². The van der Waals surface area contributed by atoms with Gasteiger partial charge in [0.1, 0.15) is 0 Å². The molecule has 0 aromatic heterocycles. The molecule has 1 aliphatic rings. The largest absolute Gasteiger partial charge is 0.380 e. The zero-order valence-corrected chi connectivity index (χ0v) is 10.3. The number of hydrogen-bond acceptors (Lipinski definition) is 2. The Morgan fingerprint density at radius 3 is 1.86 bits per heavy atom. The average Bonchev–Trinajstić information content (AvgIpc) is 1.77. The fourth-order valence-corrected chi connectivity index (χ4v) is 1.86. The Balaban J connectivity index is 2.56. The number of hydrogen-bond donors (Lipinski definition) is 1. The van der Waals surface area contributed by atoms with Crippen LogP contribution in [0.1, 0.15) is 47.5 Å². The summed E-state index contributed by atoms with van der Waals surface area (Å²) in [4.78, 5) is 0. The van der Waals surface area contributed by atoms with Crippen LogP contribution in [0.25, 0.3) is 0 Å². The van der Waals surface area contributed by atoms with E-state index in [9.17, 15) is 0 Å². The zero-order chi connectivity index (χ0) is 11.0. The Kier molecular flexibility index (Phi) is 2.99. The van der Waals surface area contributed by atoms with Crippen molar-refractivity contribution in [3.63, 3.8) is 0 Å².